The van der Waals surface area contributed by atoms with E-state index in [4.69, 9.17) is 28.9 Å². The smallest absolute Gasteiger partial charge is 0.207 e. The van der Waals surface area contributed by atoms with Gasteiger partial charge >= 0.3 is 0 Å². The fraction of sp³-hybridized carbons (Fsp3) is 0. The van der Waals surface area contributed by atoms with E-state index in [1.54, 1.807) is 22.9 Å². The Morgan fingerprint density at radius 3 is 2.74 bits per heavy atom. The van der Waals surface area contributed by atoms with Crippen molar-refractivity contribution < 1.29 is 0 Å². The topological polar surface area (TPSA) is 56.7 Å². The Morgan fingerprint density at radius 2 is 1.95 bits per heavy atom. The molecule has 0 aliphatic rings. The number of benzene rings is 1. The molecule has 0 saturated heterocycles. The van der Waals surface area contributed by atoms with Crippen LogP contribution in [0, 0.1) is 0 Å². The number of hydrogen-bond donors (Lipinski definition) is 1. The molecule has 0 spiro atoms. The van der Waals surface area contributed by atoms with Crippen molar-refractivity contribution in [1.29, 1.82) is 0 Å². The number of nitrogen functional groups attached to an aromatic ring is 1. The Kier molecular flexibility index (Phi) is 3.12. The zero-order valence-electron chi connectivity index (χ0n) is 9.44. The minimum absolute atomic E-state index is 0.314. The van der Waals surface area contributed by atoms with Crippen LogP contribution in [0.4, 0.5) is 5.95 Å². The van der Waals surface area contributed by atoms with Crippen LogP contribution in [0.1, 0.15) is 0 Å². The van der Waals surface area contributed by atoms with Gasteiger partial charge in [0.05, 0.1) is 15.7 Å². The van der Waals surface area contributed by atoms with E-state index in [1.807, 2.05) is 12.1 Å². The molecule has 3 aromatic rings. The maximum atomic E-state index is 6.27. The minimum Gasteiger partial charge on any atom is -0.369 e. The Labute approximate surface area is 127 Å². The van der Waals surface area contributed by atoms with E-state index in [1.165, 1.54) is 0 Å². The second-order valence-electron chi connectivity index (χ2n) is 3.85. The van der Waals surface area contributed by atoms with Crippen molar-refractivity contribution in [2.24, 2.45) is 0 Å². The highest BCUT2D eigenvalue weighted by molar-refractivity contribution is 9.10. The Hall–Kier alpha value is -1.30. The number of pyridine rings is 1. The number of fused-ring (bicyclic) bond motifs is 1. The predicted molar refractivity (Wildman–Crippen MR) is 81.0 cm³/mol. The van der Waals surface area contributed by atoms with Crippen molar-refractivity contribution in [2.45, 2.75) is 0 Å². The summed E-state index contributed by atoms with van der Waals surface area (Å²) >= 11 is 15.7. The van der Waals surface area contributed by atoms with E-state index in [9.17, 15) is 0 Å². The second-order valence-corrected chi connectivity index (χ2v) is 5.46. The number of halogens is 3. The first-order valence-corrected chi connectivity index (χ1v) is 6.87. The standard InChI is InChI=1S/C12H7BrCl2N4/c13-6-3-4-8(10(15)9(6)14)19-11-7(18-12(19)16)2-1-5-17-11/h1-5H,(H2,16,18). The summed E-state index contributed by atoms with van der Waals surface area (Å²) in [5.41, 5.74) is 7.93. The van der Waals surface area contributed by atoms with Gasteiger partial charge in [-0.3, -0.25) is 4.57 Å². The Balaban J connectivity index is 2.37. The molecule has 7 heteroatoms. The molecule has 0 saturated carbocycles. The van der Waals surface area contributed by atoms with Gasteiger partial charge in [-0.1, -0.05) is 23.2 Å². The molecule has 3 rings (SSSR count). The third-order valence-corrected chi connectivity index (χ3v) is 4.46. The number of nitrogens with zero attached hydrogens (tertiary/aromatic N) is 3. The Morgan fingerprint density at radius 1 is 1.16 bits per heavy atom. The van der Waals surface area contributed by atoms with E-state index in [0.717, 1.165) is 4.47 Å². The second kappa shape index (κ2) is 4.67. The molecule has 2 heterocycles. The summed E-state index contributed by atoms with van der Waals surface area (Å²) < 4.78 is 2.40. The molecule has 2 N–H and O–H groups in total. The molecule has 4 nitrogen and oxygen atoms in total. The van der Waals surface area contributed by atoms with E-state index in [2.05, 4.69) is 25.9 Å². The molecule has 0 amide bonds. The van der Waals surface area contributed by atoms with E-state index in [0.29, 0.717) is 32.8 Å². The summed E-state index contributed by atoms with van der Waals surface area (Å²) in [5, 5.41) is 0.823. The number of hydrogen-bond acceptors (Lipinski definition) is 3. The van der Waals surface area contributed by atoms with Crippen LogP contribution in [0.5, 0.6) is 0 Å². The first-order valence-electron chi connectivity index (χ1n) is 5.32. The fourth-order valence-electron chi connectivity index (χ4n) is 1.86. The molecule has 0 aliphatic heterocycles. The number of rotatable bonds is 1. The lowest BCUT2D eigenvalue weighted by molar-refractivity contribution is 1.08. The van der Waals surface area contributed by atoms with Crippen molar-refractivity contribution in [3.8, 4) is 5.69 Å². The van der Waals surface area contributed by atoms with Crippen LogP contribution in [-0.2, 0) is 0 Å². The molecular formula is C12H7BrCl2N4. The molecule has 96 valence electrons. The highest BCUT2D eigenvalue weighted by atomic mass is 79.9. The maximum absolute atomic E-state index is 6.27. The molecule has 0 aliphatic carbocycles. The molecule has 2 aromatic heterocycles. The maximum Gasteiger partial charge on any atom is 0.207 e. The molecule has 0 radical (unpaired) electrons. The van der Waals surface area contributed by atoms with Crippen LogP contribution in [0.3, 0.4) is 0 Å². The molecule has 0 fully saturated rings. The third-order valence-electron chi connectivity index (χ3n) is 2.70. The lowest BCUT2D eigenvalue weighted by Gasteiger charge is -2.10. The quantitative estimate of drug-likeness (QED) is 0.668. The van der Waals surface area contributed by atoms with Crippen LogP contribution < -0.4 is 5.73 Å². The fourth-order valence-corrected chi connectivity index (χ4v) is 2.71. The highest BCUT2D eigenvalue weighted by Gasteiger charge is 2.16. The van der Waals surface area contributed by atoms with Crippen LogP contribution >= 0.6 is 39.1 Å². The largest absolute Gasteiger partial charge is 0.369 e. The summed E-state index contributed by atoms with van der Waals surface area (Å²) in [6.45, 7) is 0. The molecular weight excluding hydrogens is 351 g/mol. The Bertz CT molecular complexity index is 785. The first kappa shape index (κ1) is 12.7. The highest BCUT2D eigenvalue weighted by Crippen LogP contribution is 2.36. The van der Waals surface area contributed by atoms with Gasteiger partial charge in [0.2, 0.25) is 5.95 Å². The third kappa shape index (κ3) is 1.98. The van der Waals surface area contributed by atoms with Crippen molar-refractivity contribution in [2.75, 3.05) is 5.73 Å². The van der Waals surface area contributed by atoms with Gasteiger partial charge in [-0.05, 0) is 40.2 Å². The molecule has 0 atom stereocenters. The number of nitrogens with two attached hydrogens (primary N) is 1. The van der Waals surface area contributed by atoms with Gasteiger partial charge in [0.15, 0.2) is 5.65 Å². The molecule has 1 aromatic carbocycles. The number of aromatic nitrogens is 3. The average molecular weight is 358 g/mol. The summed E-state index contributed by atoms with van der Waals surface area (Å²) in [6.07, 6.45) is 1.67. The minimum atomic E-state index is 0.314. The summed E-state index contributed by atoms with van der Waals surface area (Å²) in [5.74, 6) is 0.314. The van der Waals surface area contributed by atoms with Gasteiger partial charge < -0.3 is 5.73 Å². The van der Waals surface area contributed by atoms with Gasteiger partial charge in [0.25, 0.3) is 0 Å². The monoisotopic (exact) mass is 356 g/mol. The number of anilines is 1. The van der Waals surface area contributed by atoms with Crippen molar-refractivity contribution in [1.82, 2.24) is 14.5 Å². The summed E-state index contributed by atoms with van der Waals surface area (Å²) in [7, 11) is 0. The van der Waals surface area contributed by atoms with E-state index < -0.39 is 0 Å². The van der Waals surface area contributed by atoms with Crippen LogP contribution in [-0.4, -0.2) is 14.5 Å². The predicted octanol–water partition coefficient (Wildman–Crippen LogP) is 4.07. The van der Waals surface area contributed by atoms with E-state index >= 15 is 0 Å². The normalized spacial score (nSPS) is 11.1. The van der Waals surface area contributed by atoms with Gasteiger partial charge in [-0.2, -0.15) is 0 Å². The summed E-state index contributed by atoms with van der Waals surface area (Å²) in [4.78, 5) is 8.53. The number of imidazole rings is 1. The zero-order chi connectivity index (χ0) is 13.6. The van der Waals surface area contributed by atoms with E-state index in [-0.39, 0.29) is 0 Å². The SMILES string of the molecule is Nc1nc2cccnc2n1-c1ccc(Br)c(Cl)c1Cl. The lowest BCUT2D eigenvalue weighted by atomic mass is 10.3. The van der Waals surface area contributed by atoms with Crippen molar-refractivity contribution >= 4 is 56.2 Å². The molecule has 0 bridgehead atoms. The van der Waals surface area contributed by atoms with Gasteiger partial charge in [0, 0.05) is 10.7 Å². The van der Waals surface area contributed by atoms with Crippen molar-refractivity contribution in [3.63, 3.8) is 0 Å². The van der Waals surface area contributed by atoms with Gasteiger partial charge in [-0.15, -0.1) is 0 Å². The molecule has 19 heavy (non-hydrogen) atoms. The lowest BCUT2D eigenvalue weighted by Crippen LogP contribution is -2.02. The van der Waals surface area contributed by atoms with Gasteiger partial charge in [-0.25, -0.2) is 9.97 Å². The summed E-state index contributed by atoms with van der Waals surface area (Å²) in [6, 6.07) is 7.25. The zero-order valence-corrected chi connectivity index (χ0v) is 12.5. The van der Waals surface area contributed by atoms with Gasteiger partial charge in [0.1, 0.15) is 5.52 Å². The average Bonchev–Trinajstić information content (AvgIpc) is 2.73. The van der Waals surface area contributed by atoms with Crippen molar-refractivity contribution in [3.05, 3.63) is 45.0 Å². The van der Waals surface area contributed by atoms with Crippen LogP contribution in [0.25, 0.3) is 16.9 Å². The van der Waals surface area contributed by atoms with Crippen LogP contribution in [0.15, 0.2) is 34.9 Å². The molecule has 0 unspecified atom stereocenters. The van der Waals surface area contributed by atoms with Crippen LogP contribution in [0.2, 0.25) is 10.0 Å². The first-order chi connectivity index (χ1) is 9.09.